The fourth-order valence-electron chi connectivity index (χ4n) is 2.06. The monoisotopic (exact) mass is 280 g/mol. The molecule has 0 bridgehead atoms. The van der Waals surface area contributed by atoms with Crippen LogP contribution in [0, 0.1) is 5.92 Å². The van der Waals surface area contributed by atoms with Crippen LogP contribution in [0.4, 0.5) is 5.69 Å². The first kappa shape index (κ1) is 14.0. The van der Waals surface area contributed by atoms with Crippen molar-refractivity contribution < 1.29 is 9.59 Å². The summed E-state index contributed by atoms with van der Waals surface area (Å²) in [6, 6.07) is 6.36. The SMILES string of the molecule is CC(C)CN[C@@H]1CC(=O)N(c2cccc(Cl)c2)C1=O. The fourth-order valence-corrected chi connectivity index (χ4v) is 2.24. The van der Waals surface area contributed by atoms with Gasteiger partial charge in [0.15, 0.2) is 0 Å². The van der Waals surface area contributed by atoms with Gasteiger partial charge in [0.1, 0.15) is 0 Å². The van der Waals surface area contributed by atoms with Gasteiger partial charge in [0.2, 0.25) is 5.91 Å². The van der Waals surface area contributed by atoms with Gasteiger partial charge in [-0.2, -0.15) is 0 Å². The molecule has 19 heavy (non-hydrogen) atoms. The van der Waals surface area contributed by atoms with Gasteiger partial charge < -0.3 is 5.32 Å². The number of amides is 2. The second kappa shape index (κ2) is 5.72. The number of nitrogens with zero attached hydrogens (tertiary/aromatic N) is 1. The largest absolute Gasteiger partial charge is 0.305 e. The maximum absolute atomic E-state index is 12.2. The molecular weight excluding hydrogens is 264 g/mol. The molecule has 0 saturated carbocycles. The summed E-state index contributed by atoms with van der Waals surface area (Å²) >= 11 is 5.89. The van der Waals surface area contributed by atoms with Crippen LogP contribution in [0.5, 0.6) is 0 Å². The average Bonchev–Trinajstić information content (AvgIpc) is 2.62. The summed E-state index contributed by atoms with van der Waals surface area (Å²) in [4.78, 5) is 25.4. The van der Waals surface area contributed by atoms with E-state index in [1.54, 1.807) is 24.3 Å². The Morgan fingerprint density at radius 2 is 2.16 bits per heavy atom. The molecule has 2 rings (SSSR count). The van der Waals surface area contributed by atoms with Crippen molar-refractivity contribution in [3.8, 4) is 0 Å². The lowest BCUT2D eigenvalue weighted by Crippen LogP contribution is -2.40. The molecule has 1 atom stereocenters. The molecule has 1 saturated heterocycles. The highest BCUT2D eigenvalue weighted by molar-refractivity contribution is 6.31. The number of nitrogens with one attached hydrogen (secondary N) is 1. The van der Waals surface area contributed by atoms with E-state index in [1.807, 2.05) is 0 Å². The van der Waals surface area contributed by atoms with Gasteiger partial charge in [-0.15, -0.1) is 0 Å². The molecule has 0 aromatic heterocycles. The van der Waals surface area contributed by atoms with Gasteiger partial charge in [-0.05, 0) is 30.7 Å². The van der Waals surface area contributed by atoms with Crippen LogP contribution in [0.2, 0.25) is 5.02 Å². The minimum absolute atomic E-state index is 0.187. The van der Waals surface area contributed by atoms with E-state index in [2.05, 4.69) is 19.2 Å². The summed E-state index contributed by atoms with van der Waals surface area (Å²) < 4.78 is 0. The third-order valence-electron chi connectivity index (χ3n) is 2.99. The molecule has 0 radical (unpaired) electrons. The summed E-state index contributed by atoms with van der Waals surface area (Å²) in [6.45, 7) is 4.83. The highest BCUT2D eigenvalue weighted by atomic mass is 35.5. The van der Waals surface area contributed by atoms with Crippen molar-refractivity contribution >= 4 is 29.1 Å². The molecule has 0 aliphatic carbocycles. The summed E-state index contributed by atoms with van der Waals surface area (Å²) in [7, 11) is 0. The highest BCUT2D eigenvalue weighted by Crippen LogP contribution is 2.25. The highest BCUT2D eigenvalue weighted by Gasteiger charge is 2.39. The third-order valence-corrected chi connectivity index (χ3v) is 3.22. The zero-order valence-electron chi connectivity index (χ0n) is 11.0. The van der Waals surface area contributed by atoms with Crippen molar-refractivity contribution in [3.63, 3.8) is 0 Å². The van der Waals surface area contributed by atoms with E-state index in [9.17, 15) is 9.59 Å². The predicted molar refractivity (Wildman–Crippen MR) is 75.2 cm³/mol. The van der Waals surface area contributed by atoms with Crippen LogP contribution in [0.3, 0.4) is 0 Å². The average molecular weight is 281 g/mol. The van der Waals surface area contributed by atoms with E-state index in [0.717, 1.165) is 0 Å². The van der Waals surface area contributed by atoms with E-state index in [1.165, 1.54) is 4.90 Å². The Balaban J connectivity index is 2.14. The summed E-state index contributed by atoms with van der Waals surface area (Å²) in [5.41, 5.74) is 0.538. The Kier molecular flexibility index (Phi) is 4.22. The van der Waals surface area contributed by atoms with Crippen LogP contribution in [0.1, 0.15) is 20.3 Å². The second-order valence-electron chi connectivity index (χ2n) is 5.11. The number of anilines is 1. The standard InChI is InChI=1S/C14H17ClN2O2/c1-9(2)8-16-12-7-13(18)17(14(12)19)11-5-3-4-10(15)6-11/h3-6,9,12,16H,7-8H2,1-2H3/t12-/m1/s1. The fraction of sp³-hybridized carbons (Fsp3) is 0.429. The van der Waals surface area contributed by atoms with E-state index in [4.69, 9.17) is 11.6 Å². The summed E-state index contributed by atoms with van der Waals surface area (Å²) in [6.07, 6.45) is 0.206. The smallest absolute Gasteiger partial charge is 0.251 e. The van der Waals surface area contributed by atoms with Gasteiger partial charge in [-0.1, -0.05) is 31.5 Å². The van der Waals surface area contributed by atoms with Crippen molar-refractivity contribution in [2.75, 3.05) is 11.4 Å². The molecule has 2 amide bonds. The normalized spacial score (nSPS) is 19.6. The number of rotatable bonds is 4. The van der Waals surface area contributed by atoms with Crippen LogP contribution in [0.15, 0.2) is 24.3 Å². The lowest BCUT2D eigenvalue weighted by atomic mass is 10.2. The van der Waals surface area contributed by atoms with Gasteiger partial charge in [-0.25, -0.2) is 4.90 Å². The van der Waals surface area contributed by atoms with E-state index >= 15 is 0 Å². The minimum Gasteiger partial charge on any atom is -0.305 e. The molecule has 1 fully saturated rings. The molecule has 1 aliphatic heterocycles. The van der Waals surface area contributed by atoms with Crippen molar-refractivity contribution in [3.05, 3.63) is 29.3 Å². The third kappa shape index (κ3) is 3.14. The number of hydrogen-bond donors (Lipinski definition) is 1. The number of halogens is 1. The zero-order valence-corrected chi connectivity index (χ0v) is 11.8. The number of carbonyl (C=O) groups excluding carboxylic acids is 2. The molecule has 1 aromatic carbocycles. The van der Waals surface area contributed by atoms with Crippen molar-refractivity contribution in [2.45, 2.75) is 26.3 Å². The van der Waals surface area contributed by atoms with Crippen molar-refractivity contribution in [2.24, 2.45) is 5.92 Å². The molecule has 102 valence electrons. The quantitative estimate of drug-likeness (QED) is 0.861. The van der Waals surface area contributed by atoms with Crippen LogP contribution >= 0.6 is 11.6 Å². The lowest BCUT2D eigenvalue weighted by molar-refractivity contribution is -0.121. The molecule has 0 spiro atoms. The van der Waals surface area contributed by atoms with Gasteiger partial charge in [0.25, 0.3) is 5.91 Å². The summed E-state index contributed by atoms with van der Waals surface area (Å²) in [5.74, 6) is 0.0459. The molecule has 1 N–H and O–H groups in total. The Bertz CT molecular complexity index is 502. The van der Waals surface area contributed by atoms with Gasteiger partial charge in [-0.3, -0.25) is 9.59 Å². The first-order chi connectivity index (χ1) is 8.99. The van der Waals surface area contributed by atoms with E-state index in [-0.39, 0.29) is 18.2 Å². The van der Waals surface area contributed by atoms with Gasteiger partial charge in [0.05, 0.1) is 18.2 Å². The first-order valence-corrected chi connectivity index (χ1v) is 6.72. The Labute approximate surface area is 117 Å². The number of carbonyl (C=O) groups is 2. The maximum Gasteiger partial charge on any atom is 0.251 e. The lowest BCUT2D eigenvalue weighted by Gasteiger charge is -2.16. The number of imide groups is 1. The maximum atomic E-state index is 12.2. The van der Waals surface area contributed by atoms with Gasteiger partial charge in [0, 0.05) is 5.02 Å². The Hall–Kier alpha value is -1.39. The molecule has 1 heterocycles. The predicted octanol–water partition coefficient (Wildman–Crippen LogP) is 2.22. The molecule has 5 heteroatoms. The van der Waals surface area contributed by atoms with Crippen LogP contribution in [0.25, 0.3) is 0 Å². The molecule has 4 nitrogen and oxygen atoms in total. The second-order valence-corrected chi connectivity index (χ2v) is 5.54. The van der Waals surface area contributed by atoms with Crippen molar-refractivity contribution in [1.82, 2.24) is 5.32 Å². The summed E-state index contributed by atoms with van der Waals surface area (Å²) in [5, 5.41) is 3.64. The van der Waals surface area contributed by atoms with Crippen LogP contribution in [-0.4, -0.2) is 24.4 Å². The molecular formula is C14H17ClN2O2. The Morgan fingerprint density at radius 3 is 2.79 bits per heavy atom. The van der Waals surface area contributed by atoms with E-state index in [0.29, 0.717) is 23.2 Å². The minimum atomic E-state index is -0.422. The molecule has 1 aliphatic rings. The van der Waals surface area contributed by atoms with Crippen LogP contribution in [-0.2, 0) is 9.59 Å². The number of benzene rings is 1. The topological polar surface area (TPSA) is 49.4 Å². The molecule has 0 unspecified atom stereocenters. The van der Waals surface area contributed by atoms with Crippen molar-refractivity contribution in [1.29, 1.82) is 0 Å². The molecule has 1 aromatic rings. The van der Waals surface area contributed by atoms with Gasteiger partial charge >= 0.3 is 0 Å². The number of hydrogen-bond acceptors (Lipinski definition) is 3. The van der Waals surface area contributed by atoms with E-state index < -0.39 is 6.04 Å². The first-order valence-electron chi connectivity index (χ1n) is 6.35. The Morgan fingerprint density at radius 1 is 1.42 bits per heavy atom. The van der Waals surface area contributed by atoms with Crippen LogP contribution < -0.4 is 10.2 Å². The zero-order chi connectivity index (χ0) is 14.0.